The summed E-state index contributed by atoms with van der Waals surface area (Å²) in [7, 11) is 1.72. The van der Waals surface area contributed by atoms with Crippen LogP contribution in [0.2, 0.25) is 0 Å². The molecule has 1 aliphatic rings. The molecule has 1 fully saturated rings. The summed E-state index contributed by atoms with van der Waals surface area (Å²) in [4.78, 5) is 7.04. The number of morpholine rings is 1. The van der Waals surface area contributed by atoms with E-state index in [0.29, 0.717) is 12.6 Å². The molecule has 1 aliphatic heterocycles. The van der Waals surface area contributed by atoms with Crippen LogP contribution in [-0.4, -0.2) is 75.5 Å². The summed E-state index contributed by atoms with van der Waals surface area (Å²) in [5.74, 6) is 0.850. The van der Waals surface area contributed by atoms with Crippen LogP contribution in [-0.2, 0) is 9.47 Å². The average molecular weight is 300 g/mol. The summed E-state index contributed by atoms with van der Waals surface area (Å²) in [6.45, 7) is 14.4. The SMILES string of the molecule is CCNC(=NCC(C)(C)OC)NCC(C)N1CCOCC1. The van der Waals surface area contributed by atoms with Gasteiger partial charge in [-0.1, -0.05) is 0 Å². The molecule has 0 radical (unpaired) electrons. The zero-order chi connectivity index (χ0) is 15.7. The van der Waals surface area contributed by atoms with Crippen molar-refractivity contribution in [1.82, 2.24) is 15.5 Å². The topological polar surface area (TPSA) is 58.1 Å². The second-order valence-electron chi connectivity index (χ2n) is 6.04. The highest BCUT2D eigenvalue weighted by Gasteiger charge is 2.18. The summed E-state index contributed by atoms with van der Waals surface area (Å²) in [6, 6.07) is 0.466. The van der Waals surface area contributed by atoms with Crippen molar-refractivity contribution in [2.24, 2.45) is 4.99 Å². The number of aliphatic imine (C=N–C) groups is 1. The largest absolute Gasteiger partial charge is 0.379 e. The van der Waals surface area contributed by atoms with Crippen LogP contribution in [0.25, 0.3) is 0 Å². The van der Waals surface area contributed by atoms with E-state index in [2.05, 4.69) is 34.4 Å². The van der Waals surface area contributed by atoms with E-state index in [9.17, 15) is 0 Å². The predicted molar refractivity (Wildman–Crippen MR) is 86.9 cm³/mol. The van der Waals surface area contributed by atoms with Gasteiger partial charge < -0.3 is 20.1 Å². The van der Waals surface area contributed by atoms with Gasteiger partial charge in [-0.05, 0) is 27.7 Å². The second-order valence-corrected chi connectivity index (χ2v) is 6.04. The predicted octanol–water partition coefficient (Wildman–Crippen LogP) is 0.687. The van der Waals surface area contributed by atoms with Crippen molar-refractivity contribution in [3.63, 3.8) is 0 Å². The van der Waals surface area contributed by atoms with Crippen LogP contribution in [0, 0.1) is 0 Å². The van der Waals surface area contributed by atoms with Crippen molar-refractivity contribution in [3.8, 4) is 0 Å². The minimum Gasteiger partial charge on any atom is -0.379 e. The molecule has 124 valence electrons. The number of methoxy groups -OCH3 is 1. The molecule has 0 spiro atoms. The molecule has 0 bridgehead atoms. The zero-order valence-electron chi connectivity index (χ0n) is 14.2. The molecular formula is C15H32N4O2. The number of ether oxygens (including phenoxy) is 2. The molecule has 0 aliphatic carbocycles. The molecule has 1 rings (SSSR count). The highest BCUT2D eigenvalue weighted by atomic mass is 16.5. The number of guanidine groups is 1. The van der Waals surface area contributed by atoms with Crippen LogP contribution in [0.5, 0.6) is 0 Å². The molecule has 0 saturated carbocycles. The fourth-order valence-corrected chi connectivity index (χ4v) is 2.07. The number of nitrogens with one attached hydrogen (secondary N) is 2. The Morgan fingerprint density at radius 2 is 2.00 bits per heavy atom. The molecule has 0 aromatic heterocycles. The zero-order valence-corrected chi connectivity index (χ0v) is 14.2. The Morgan fingerprint density at radius 1 is 1.33 bits per heavy atom. The van der Waals surface area contributed by atoms with E-state index in [0.717, 1.165) is 45.4 Å². The third-order valence-electron chi connectivity index (χ3n) is 3.75. The van der Waals surface area contributed by atoms with Crippen LogP contribution < -0.4 is 10.6 Å². The smallest absolute Gasteiger partial charge is 0.191 e. The van der Waals surface area contributed by atoms with E-state index < -0.39 is 0 Å². The van der Waals surface area contributed by atoms with Crippen LogP contribution >= 0.6 is 0 Å². The van der Waals surface area contributed by atoms with Crippen molar-refractivity contribution < 1.29 is 9.47 Å². The van der Waals surface area contributed by atoms with Gasteiger partial charge in [0.15, 0.2) is 5.96 Å². The van der Waals surface area contributed by atoms with Crippen molar-refractivity contribution in [3.05, 3.63) is 0 Å². The van der Waals surface area contributed by atoms with E-state index >= 15 is 0 Å². The molecule has 0 aromatic carbocycles. The van der Waals surface area contributed by atoms with E-state index in [1.54, 1.807) is 7.11 Å². The van der Waals surface area contributed by atoms with Gasteiger partial charge in [-0.3, -0.25) is 9.89 Å². The first kappa shape index (κ1) is 18.2. The maximum Gasteiger partial charge on any atom is 0.191 e. The summed E-state index contributed by atoms with van der Waals surface area (Å²) >= 11 is 0. The Morgan fingerprint density at radius 3 is 2.57 bits per heavy atom. The highest BCUT2D eigenvalue weighted by Crippen LogP contribution is 2.07. The normalized spacial score (nSPS) is 19.4. The maximum atomic E-state index is 5.40. The van der Waals surface area contributed by atoms with Gasteiger partial charge in [-0.15, -0.1) is 0 Å². The quantitative estimate of drug-likeness (QED) is 0.535. The van der Waals surface area contributed by atoms with E-state index in [1.165, 1.54) is 0 Å². The summed E-state index contributed by atoms with van der Waals surface area (Å²) in [5, 5.41) is 6.69. The fraction of sp³-hybridized carbons (Fsp3) is 0.933. The van der Waals surface area contributed by atoms with E-state index in [1.807, 2.05) is 13.8 Å². The van der Waals surface area contributed by atoms with Crippen molar-refractivity contribution >= 4 is 5.96 Å². The Kier molecular flexibility index (Phi) is 8.00. The molecule has 6 heteroatoms. The number of rotatable bonds is 7. The van der Waals surface area contributed by atoms with Gasteiger partial charge in [0, 0.05) is 39.3 Å². The summed E-state index contributed by atoms with van der Waals surface area (Å²) in [5.41, 5.74) is -0.238. The Balaban J connectivity index is 2.44. The van der Waals surface area contributed by atoms with Gasteiger partial charge in [0.25, 0.3) is 0 Å². The standard InChI is InChI=1S/C15H32N4O2/c1-6-16-14(18-12-15(3,4)20-5)17-11-13(2)19-7-9-21-10-8-19/h13H,6-12H2,1-5H3,(H2,16,17,18). The minimum absolute atomic E-state index is 0.238. The Hall–Kier alpha value is -0.850. The van der Waals surface area contributed by atoms with Crippen molar-refractivity contribution in [2.45, 2.75) is 39.3 Å². The molecule has 1 saturated heterocycles. The van der Waals surface area contributed by atoms with Gasteiger partial charge in [0.1, 0.15) is 0 Å². The molecule has 6 nitrogen and oxygen atoms in total. The Labute approximate surface area is 129 Å². The lowest BCUT2D eigenvalue weighted by atomic mass is 10.1. The summed E-state index contributed by atoms with van der Waals surface area (Å²) in [6.07, 6.45) is 0. The Bertz CT molecular complexity index is 315. The van der Waals surface area contributed by atoms with Crippen molar-refractivity contribution in [1.29, 1.82) is 0 Å². The summed E-state index contributed by atoms with van der Waals surface area (Å²) < 4.78 is 10.8. The van der Waals surface area contributed by atoms with Crippen LogP contribution in [0.3, 0.4) is 0 Å². The third-order valence-corrected chi connectivity index (χ3v) is 3.75. The maximum absolute atomic E-state index is 5.40. The number of hydrogen-bond donors (Lipinski definition) is 2. The molecule has 0 amide bonds. The molecule has 21 heavy (non-hydrogen) atoms. The highest BCUT2D eigenvalue weighted by molar-refractivity contribution is 5.79. The van der Waals surface area contributed by atoms with Crippen molar-refractivity contribution in [2.75, 3.05) is 53.0 Å². The molecule has 0 aromatic rings. The number of hydrogen-bond acceptors (Lipinski definition) is 4. The van der Waals surface area contributed by atoms with Gasteiger partial charge in [-0.25, -0.2) is 0 Å². The van der Waals surface area contributed by atoms with Crippen LogP contribution in [0.4, 0.5) is 0 Å². The first-order valence-electron chi connectivity index (χ1n) is 7.87. The van der Waals surface area contributed by atoms with Gasteiger partial charge in [0.05, 0.1) is 25.4 Å². The van der Waals surface area contributed by atoms with Gasteiger partial charge in [-0.2, -0.15) is 0 Å². The molecule has 1 unspecified atom stereocenters. The molecule has 1 atom stereocenters. The lowest BCUT2D eigenvalue weighted by Gasteiger charge is -2.32. The third kappa shape index (κ3) is 7.11. The first-order valence-corrected chi connectivity index (χ1v) is 7.87. The van der Waals surface area contributed by atoms with Gasteiger partial charge in [0.2, 0.25) is 0 Å². The molecule has 1 heterocycles. The lowest BCUT2D eigenvalue weighted by Crippen LogP contribution is -2.49. The monoisotopic (exact) mass is 300 g/mol. The molecule has 2 N–H and O–H groups in total. The van der Waals surface area contributed by atoms with Crippen LogP contribution in [0.1, 0.15) is 27.7 Å². The van der Waals surface area contributed by atoms with Gasteiger partial charge >= 0.3 is 0 Å². The molecular weight excluding hydrogens is 268 g/mol. The minimum atomic E-state index is -0.238. The second kappa shape index (κ2) is 9.23. The first-order chi connectivity index (χ1) is 9.98. The fourth-order valence-electron chi connectivity index (χ4n) is 2.07. The number of nitrogens with zero attached hydrogens (tertiary/aromatic N) is 2. The lowest BCUT2D eigenvalue weighted by molar-refractivity contribution is 0.0211. The van der Waals surface area contributed by atoms with E-state index in [-0.39, 0.29) is 5.60 Å². The van der Waals surface area contributed by atoms with E-state index in [4.69, 9.17) is 9.47 Å². The average Bonchev–Trinajstić information content (AvgIpc) is 2.50. The van der Waals surface area contributed by atoms with Crippen LogP contribution in [0.15, 0.2) is 4.99 Å².